The van der Waals surface area contributed by atoms with Crippen molar-refractivity contribution in [2.45, 2.75) is 52.5 Å². The van der Waals surface area contributed by atoms with Crippen molar-refractivity contribution in [2.75, 3.05) is 19.8 Å². The number of hydrogen-bond acceptors (Lipinski definition) is 2. The first kappa shape index (κ1) is 12.0. The molecule has 1 aliphatic rings. The number of hydrogen-bond donors (Lipinski definition) is 1. The quantitative estimate of drug-likeness (QED) is 0.735. The first-order valence-electron chi connectivity index (χ1n) is 6.01. The highest BCUT2D eigenvalue weighted by molar-refractivity contribution is 4.80. The number of ether oxygens (including phenoxy) is 1. The molecular weight excluding hydrogens is 174 g/mol. The molecule has 0 spiro atoms. The maximum absolute atomic E-state index is 5.40. The monoisotopic (exact) mass is 199 g/mol. The molecule has 0 unspecified atom stereocenters. The van der Waals surface area contributed by atoms with Crippen molar-refractivity contribution in [1.29, 1.82) is 0 Å². The third-order valence-corrected chi connectivity index (χ3v) is 3.50. The van der Waals surface area contributed by atoms with E-state index in [2.05, 4.69) is 26.1 Å². The van der Waals surface area contributed by atoms with Gasteiger partial charge in [0.25, 0.3) is 0 Å². The lowest BCUT2D eigenvalue weighted by molar-refractivity contribution is 0.0228. The van der Waals surface area contributed by atoms with Gasteiger partial charge in [0, 0.05) is 25.8 Å². The van der Waals surface area contributed by atoms with Crippen LogP contribution >= 0.6 is 0 Å². The zero-order valence-electron chi connectivity index (χ0n) is 9.94. The Morgan fingerprint density at radius 3 is 2.29 bits per heavy atom. The van der Waals surface area contributed by atoms with Crippen molar-refractivity contribution in [1.82, 2.24) is 5.32 Å². The average molecular weight is 199 g/mol. The van der Waals surface area contributed by atoms with Gasteiger partial charge in [0.05, 0.1) is 0 Å². The second-order valence-electron chi connectivity index (χ2n) is 4.82. The highest BCUT2D eigenvalue weighted by Gasteiger charge is 2.27. The molecule has 0 aliphatic carbocycles. The molecule has 1 fully saturated rings. The molecule has 1 rings (SSSR count). The van der Waals surface area contributed by atoms with Crippen LogP contribution in [0.15, 0.2) is 0 Å². The summed E-state index contributed by atoms with van der Waals surface area (Å²) in [5.74, 6) is 0. The van der Waals surface area contributed by atoms with E-state index < -0.39 is 0 Å². The maximum atomic E-state index is 5.40. The second-order valence-corrected chi connectivity index (χ2v) is 4.82. The van der Waals surface area contributed by atoms with Crippen LogP contribution in [0, 0.1) is 5.41 Å². The lowest BCUT2D eigenvalue weighted by atomic mass is 9.82. The summed E-state index contributed by atoms with van der Waals surface area (Å²) in [6.45, 7) is 9.94. The number of rotatable bonds is 5. The zero-order valence-corrected chi connectivity index (χ0v) is 9.94. The first-order chi connectivity index (χ1) is 6.70. The topological polar surface area (TPSA) is 21.3 Å². The van der Waals surface area contributed by atoms with Crippen LogP contribution in [0.5, 0.6) is 0 Å². The molecule has 0 aromatic rings. The van der Waals surface area contributed by atoms with Crippen LogP contribution in [0.1, 0.15) is 46.5 Å². The summed E-state index contributed by atoms with van der Waals surface area (Å²) in [4.78, 5) is 0. The molecule has 84 valence electrons. The Morgan fingerprint density at radius 2 is 1.79 bits per heavy atom. The van der Waals surface area contributed by atoms with Crippen LogP contribution in [0.2, 0.25) is 0 Å². The molecule has 0 bridgehead atoms. The third-order valence-electron chi connectivity index (χ3n) is 3.50. The van der Waals surface area contributed by atoms with Gasteiger partial charge in [-0.15, -0.1) is 0 Å². The summed E-state index contributed by atoms with van der Waals surface area (Å²) in [6, 6.07) is 0.703. The molecule has 2 heteroatoms. The van der Waals surface area contributed by atoms with Crippen LogP contribution in [-0.4, -0.2) is 25.8 Å². The van der Waals surface area contributed by atoms with Gasteiger partial charge in [-0.05, 0) is 31.1 Å². The molecule has 0 atom stereocenters. The standard InChI is InChI=1S/C12H25NO/c1-4-11(5-2)13-10-12(3)6-8-14-9-7-12/h11,13H,4-10H2,1-3H3. The van der Waals surface area contributed by atoms with Crippen LogP contribution < -0.4 is 5.32 Å². The molecule has 0 aromatic carbocycles. The van der Waals surface area contributed by atoms with Crippen LogP contribution in [0.4, 0.5) is 0 Å². The van der Waals surface area contributed by atoms with Crippen molar-refractivity contribution in [3.8, 4) is 0 Å². The van der Waals surface area contributed by atoms with Crippen molar-refractivity contribution in [2.24, 2.45) is 5.41 Å². The fourth-order valence-corrected chi connectivity index (χ4v) is 2.01. The van der Waals surface area contributed by atoms with Gasteiger partial charge < -0.3 is 10.1 Å². The molecule has 1 saturated heterocycles. The maximum Gasteiger partial charge on any atom is 0.0471 e. The van der Waals surface area contributed by atoms with Gasteiger partial charge in [-0.1, -0.05) is 20.8 Å². The summed E-state index contributed by atoms with van der Waals surface area (Å²) in [6.07, 6.45) is 4.90. The molecular formula is C12H25NO. The van der Waals surface area contributed by atoms with Crippen molar-refractivity contribution in [3.05, 3.63) is 0 Å². The summed E-state index contributed by atoms with van der Waals surface area (Å²) in [7, 11) is 0. The van der Waals surface area contributed by atoms with Gasteiger partial charge in [-0.3, -0.25) is 0 Å². The predicted molar refractivity (Wildman–Crippen MR) is 60.5 cm³/mol. The van der Waals surface area contributed by atoms with Gasteiger partial charge in [-0.25, -0.2) is 0 Å². The molecule has 14 heavy (non-hydrogen) atoms. The zero-order chi connectivity index (χ0) is 10.4. The number of nitrogens with one attached hydrogen (secondary N) is 1. The summed E-state index contributed by atoms with van der Waals surface area (Å²) in [5.41, 5.74) is 0.473. The van der Waals surface area contributed by atoms with E-state index in [1.807, 2.05) is 0 Å². The van der Waals surface area contributed by atoms with Gasteiger partial charge in [0.2, 0.25) is 0 Å². The van der Waals surface area contributed by atoms with E-state index in [1.54, 1.807) is 0 Å². The predicted octanol–water partition coefficient (Wildman–Crippen LogP) is 2.58. The van der Waals surface area contributed by atoms with E-state index in [0.717, 1.165) is 19.8 Å². The Balaban J connectivity index is 2.27. The highest BCUT2D eigenvalue weighted by atomic mass is 16.5. The second kappa shape index (κ2) is 5.72. The van der Waals surface area contributed by atoms with E-state index in [9.17, 15) is 0 Å². The Bertz CT molecular complexity index is 148. The average Bonchev–Trinajstić information content (AvgIpc) is 2.20. The van der Waals surface area contributed by atoms with Crippen LogP contribution in [0.25, 0.3) is 0 Å². The first-order valence-corrected chi connectivity index (χ1v) is 6.01. The minimum atomic E-state index is 0.473. The fourth-order valence-electron chi connectivity index (χ4n) is 2.01. The van der Waals surface area contributed by atoms with E-state index in [-0.39, 0.29) is 0 Å². The van der Waals surface area contributed by atoms with E-state index >= 15 is 0 Å². The smallest absolute Gasteiger partial charge is 0.0471 e. The van der Waals surface area contributed by atoms with Gasteiger partial charge in [-0.2, -0.15) is 0 Å². The molecule has 2 nitrogen and oxygen atoms in total. The van der Waals surface area contributed by atoms with Crippen LogP contribution in [-0.2, 0) is 4.74 Å². The highest BCUT2D eigenvalue weighted by Crippen LogP contribution is 2.28. The van der Waals surface area contributed by atoms with Gasteiger partial charge in [0.15, 0.2) is 0 Å². The Hall–Kier alpha value is -0.0800. The summed E-state index contributed by atoms with van der Waals surface area (Å²) < 4.78 is 5.40. The van der Waals surface area contributed by atoms with E-state index in [0.29, 0.717) is 11.5 Å². The molecule has 1 heterocycles. The minimum Gasteiger partial charge on any atom is -0.381 e. The summed E-state index contributed by atoms with van der Waals surface area (Å²) in [5, 5.41) is 3.67. The van der Waals surface area contributed by atoms with Crippen molar-refractivity contribution >= 4 is 0 Å². The molecule has 0 saturated carbocycles. The molecule has 0 radical (unpaired) electrons. The van der Waals surface area contributed by atoms with E-state index in [1.165, 1.54) is 25.7 Å². The fraction of sp³-hybridized carbons (Fsp3) is 1.00. The lowest BCUT2D eigenvalue weighted by Crippen LogP contribution is -2.40. The SMILES string of the molecule is CCC(CC)NCC1(C)CCOCC1. The van der Waals surface area contributed by atoms with Crippen LogP contribution in [0.3, 0.4) is 0 Å². The molecule has 0 amide bonds. The largest absolute Gasteiger partial charge is 0.381 e. The van der Waals surface area contributed by atoms with Crippen molar-refractivity contribution < 1.29 is 4.74 Å². The minimum absolute atomic E-state index is 0.473. The Morgan fingerprint density at radius 1 is 1.21 bits per heavy atom. The molecule has 1 aliphatic heterocycles. The Labute approximate surface area is 88.4 Å². The third kappa shape index (κ3) is 3.58. The van der Waals surface area contributed by atoms with Gasteiger partial charge in [0.1, 0.15) is 0 Å². The molecule has 1 N–H and O–H groups in total. The van der Waals surface area contributed by atoms with Crippen molar-refractivity contribution in [3.63, 3.8) is 0 Å². The summed E-state index contributed by atoms with van der Waals surface area (Å²) >= 11 is 0. The molecule has 0 aromatic heterocycles. The van der Waals surface area contributed by atoms with E-state index in [4.69, 9.17) is 4.74 Å². The normalized spacial score (nSPS) is 21.4. The lowest BCUT2D eigenvalue weighted by Gasteiger charge is -2.35. The Kier molecular flexibility index (Phi) is 4.90. The van der Waals surface area contributed by atoms with Gasteiger partial charge >= 0.3 is 0 Å².